The van der Waals surface area contributed by atoms with Crippen LogP contribution in [0.2, 0.25) is 5.02 Å². The van der Waals surface area contributed by atoms with E-state index in [1.54, 1.807) is 28.8 Å². The van der Waals surface area contributed by atoms with Crippen LogP contribution in [-0.2, 0) is 7.05 Å². The highest BCUT2D eigenvalue weighted by molar-refractivity contribution is 7.99. The highest BCUT2D eigenvalue weighted by Gasteiger charge is 2.19. The number of rotatable bonds is 6. The number of aliphatic imine (C=N–C) groups is 1. The molecule has 33 heavy (non-hydrogen) atoms. The lowest BCUT2D eigenvalue weighted by molar-refractivity contribution is 0.100. The summed E-state index contributed by atoms with van der Waals surface area (Å²) >= 11 is 7.70. The van der Waals surface area contributed by atoms with Gasteiger partial charge in [-0.2, -0.15) is 4.99 Å². The summed E-state index contributed by atoms with van der Waals surface area (Å²) in [4.78, 5) is 24.1. The maximum absolute atomic E-state index is 12.3. The lowest BCUT2D eigenvalue weighted by Crippen LogP contribution is -2.09. The fourth-order valence-electron chi connectivity index (χ4n) is 3.26. The first-order valence-electron chi connectivity index (χ1n) is 10.3. The predicted molar refractivity (Wildman–Crippen MR) is 136 cm³/mol. The third kappa shape index (κ3) is 5.35. The Morgan fingerprint density at radius 2 is 1.64 bits per heavy atom. The zero-order valence-corrected chi connectivity index (χ0v) is 20.1. The van der Waals surface area contributed by atoms with Crippen LogP contribution in [0.25, 0.3) is 22.6 Å². The van der Waals surface area contributed by atoms with Crippen molar-refractivity contribution in [2.24, 2.45) is 12.0 Å². The Morgan fingerprint density at radius 1 is 0.970 bits per heavy atom. The molecule has 1 heterocycles. The summed E-state index contributed by atoms with van der Waals surface area (Å²) in [6.45, 7) is 0. The van der Waals surface area contributed by atoms with Gasteiger partial charge in [0.2, 0.25) is 0 Å². The molecular weight excluding hydrogens is 452 g/mol. The Morgan fingerprint density at radius 3 is 2.27 bits per heavy atom. The molecule has 4 aromatic rings. The smallest absolute Gasteiger partial charge is 0.278 e. The van der Waals surface area contributed by atoms with Gasteiger partial charge in [0.25, 0.3) is 5.91 Å². The second-order valence-corrected chi connectivity index (χ2v) is 9.16. The van der Waals surface area contributed by atoms with Gasteiger partial charge in [0.15, 0.2) is 0 Å². The van der Waals surface area contributed by atoms with Crippen LogP contribution in [0.3, 0.4) is 0 Å². The van der Waals surface area contributed by atoms with Crippen LogP contribution in [0.4, 0.5) is 0 Å². The number of nitrogens with zero attached hydrogens (tertiary/aromatic N) is 4. The molecule has 166 valence electrons. The molecule has 0 N–H and O–H groups in total. The largest absolute Gasteiger partial charge is 0.369 e. The first kappa shape index (κ1) is 22.8. The number of hydrogen-bond donors (Lipinski definition) is 0. The number of aromatic nitrogens is 2. The molecule has 4 rings (SSSR count). The van der Waals surface area contributed by atoms with Crippen LogP contribution < -0.4 is 0 Å². The first-order chi connectivity index (χ1) is 15.9. The number of hydrogen-bond acceptors (Lipinski definition) is 3. The Kier molecular flexibility index (Phi) is 6.96. The van der Waals surface area contributed by atoms with Crippen molar-refractivity contribution in [1.29, 1.82) is 0 Å². The second-order valence-electron chi connectivity index (χ2n) is 7.66. The lowest BCUT2D eigenvalue weighted by atomic mass is 10.1. The van der Waals surface area contributed by atoms with Gasteiger partial charge in [0.05, 0.1) is 6.34 Å². The van der Waals surface area contributed by atoms with Gasteiger partial charge in [-0.05, 0) is 36.4 Å². The van der Waals surface area contributed by atoms with Gasteiger partial charge in [0, 0.05) is 47.8 Å². The summed E-state index contributed by atoms with van der Waals surface area (Å²) in [5.41, 5.74) is 3.35. The van der Waals surface area contributed by atoms with E-state index in [4.69, 9.17) is 16.6 Å². The van der Waals surface area contributed by atoms with E-state index in [-0.39, 0.29) is 5.91 Å². The SMILES string of the molecule is CN(C)/C=N/C(=O)c1ccc(-c2nc(-c3ccccc3)n(C)c2Sc2ccc(Cl)cc2)cc1. The van der Waals surface area contributed by atoms with Crippen molar-refractivity contribution >= 4 is 35.6 Å². The van der Waals surface area contributed by atoms with E-state index >= 15 is 0 Å². The maximum Gasteiger partial charge on any atom is 0.278 e. The summed E-state index contributed by atoms with van der Waals surface area (Å²) in [7, 11) is 5.67. The summed E-state index contributed by atoms with van der Waals surface area (Å²) in [5.74, 6) is 0.592. The minimum absolute atomic E-state index is 0.281. The van der Waals surface area contributed by atoms with Crippen molar-refractivity contribution in [3.05, 3.63) is 89.4 Å². The van der Waals surface area contributed by atoms with E-state index in [0.29, 0.717) is 10.6 Å². The van der Waals surface area contributed by atoms with Crippen LogP contribution in [0, 0.1) is 0 Å². The average Bonchev–Trinajstić information content (AvgIpc) is 3.15. The molecule has 0 unspecified atom stereocenters. The molecule has 0 atom stereocenters. The van der Waals surface area contributed by atoms with E-state index < -0.39 is 0 Å². The monoisotopic (exact) mass is 474 g/mol. The Balaban J connectivity index is 1.74. The minimum Gasteiger partial charge on any atom is -0.369 e. The van der Waals surface area contributed by atoms with Crippen molar-refractivity contribution in [3.8, 4) is 22.6 Å². The summed E-state index contributed by atoms with van der Waals surface area (Å²) in [5, 5.41) is 1.70. The van der Waals surface area contributed by atoms with Crippen LogP contribution in [0.1, 0.15) is 10.4 Å². The van der Waals surface area contributed by atoms with Gasteiger partial charge < -0.3 is 9.47 Å². The second kappa shape index (κ2) is 10.1. The zero-order valence-electron chi connectivity index (χ0n) is 18.6. The lowest BCUT2D eigenvalue weighted by Gasteiger charge is -2.08. The fourth-order valence-corrected chi connectivity index (χ4v) is 4.37. The molecule has 0 fully saturated rings. The van der Waals surface area contributed by atoms with Crippen LogP contribution in [0.15, 0.2) is 93.8 Å². The molecule has 0 aliphatic rings. The Hall–Kier alpha value is -3.35. The molecule has 0 radical (unpaired) electrons. The van der Waals surface area contributed by atoms with Crippen molar-refractivity contribution < 1.29 is 4.79 Å². The fraction of sp³-hybridized carbons (Fsp3) is 0.115. The number of carbonyl (C=O) groups is 1. The van der Waals surface area contributed by atoms with Crippen molar-refractivity contribution in [2.45, 2.75) is 9.92 Å². The molecule has 0 saturated carbocycles. The Labute approximate surface area is 202 Å². The molecule has 1 amide bonds. The Bertz CT molecular complexity index is 1280. The molecule has 0 saturated heterocycles. The summed E-state index contributed by atoms with van der Waals surface area (Å²) in [6.07, 6.45) is 1.50. The minimum atomic E-state index is -0.281. The first-order valence-corrected chi connectivity index (χ1v) is 11.5. The molecule has 0 bridgehead atoms. The van der Waals surface area contributed by atoms with E-state index in [0.717, 1.165) is 32.6 Å². The van der Waals surface area contributed by atoms with E-state index in [9.17, 15) is 4.79 Å². The van der Waals surface area contributed by atoms with Gasteiger partial charge >= 0.3 is 0 Å². The highest BCUT2D eigenvalue weighted by atomic mass is 35.5. The van der Waals surface area contributed by atoms with Crippen molar-refractivity contribution in [2.75, 3.05) is 14.1 Å². The molecule has 5 nitrogen and oxygen atoms in total. The molecule has 0 aliphatic carbocycles. The molecular formula is C26H23ClN4OS. The zero-order chi connectivity index (χ0) is 23.4. The summed E-state index contributed by atoms with van der Waals surface area (Å²) < 4.78 is 2.10. The molecule has 0 aliphatic heterocycles. The molecule has 7 heteroatoms. The van der Waals surface area contributed by atoms with E-state index in [2.05, 4.69) is 9.56 Å². The van der Waals surface area contributed by atoms with Gasteiger partial charge in [-0.25, -0.2) is 4.98 Å². The average molecular weight is 475 g/mol. The number of carbonyl (C=O) groups excluding carboxylic acids is 1. The van der Waals surface area contributed by atoms with Crippen molar-refractivity contribution in [1.82, 2.24) is 14.5 Å². The quantitative estimate of drug-likeness (QED) is 0.243. The molecule has 0 spiro atoms. The topological polar surface area (TPSA) is 50.5 Å². The standard InChI is InChI=1S/C26H23ClN4OS/c1-30(2)17-28-25(32)20-11-9-18(10-12-20)23-26(33-22-15-13-21(27)14-16-22)31(3)24(29-23)19-7-5-4-6-8-19/h4-17H,1-3H3/b28-17+. The van der Waals surface area contributed by atoms with Crippen molar-refractivity contribution in [3.63, 3.8) is 0 Å². The van der Waals surface area contributed by atoms with E-state index in [1.807, 2.05) is 87.9 Å². The summed E-state index contributed by atoms with van der Waals surface area (Å²) in [6, 6.07) is 25.3. The van der Waals surface area contributed by atoms with E-state index in [1.165, 1.54) is 6.34 Å². The van der Waals surface area contributed by atoms with Gasteiger partial charge in [0.1, 0.15) is 16.5 Å². The predicted octanol–water partition coefficient (Wildman–Crippen LogP) is 6.29. The van der Waals surface area contributed by atoms with Gasteiger partial charge in [-0.15, -0.1) is 0 Å². The van der Waals surface area contributed by atoms with Crippen LogP contribution in [0.5, 0.6) is 0 Å². The maximum atomic E-state index is 12.3. The molecule has 3 aromatic carbocycles. The number of imidazole rings is 1. The third-order valence-corrected chi connectivity index (χ3v) is 6.33. The van der Waals surface area contributed by atoms with Crippen LogP contribution in [-0.4, -0.2) is 40.8 Å². The van der Waals surface area contributed by atoms with Gasteiger partial charge in [-0.1, -0.05) is 65.8 Å². The number of amides is 1. The number of benzene rings is 3. The van der Waals surface area contributed by atoms with Crippen LogP contribution >= 0.6 is 23.4 Å². The van der Waals surface area contributed by atoms with Gasteiger partial charge in [-0.3, -0.25) is 4.79 Å². The number of halogens is 1. The molecule has 1 aromatic heterocycles. The highest BCUT2D eigenvalue weighted by Crippen LogP contribution is 2.38. The third-order valence-electron chi connectivity index (χ3n) is 4.91. The normalized spacial score (nSPS) is 11.2.